The fourth-order valence-corrected chi connectivity index (χ4v) is 5.25. The lowest BCUT2D eigenvalue weighted by Gasteiger charge is -2.43. The molecule has 0 N–H and O–H groups in total. The van der Waals surface area contributed by atoms with Crippen molar-refractivity contribution in [3.63, 3.8) is 0 Å². The maximum absolute atomic E-state index is 14.2. The van der Waals surface area contributed by atoms with E-state index in [4.69, 9.17) is 25.5 Å². The van der Waals surface area contributed by atoms with Gasteiger partial charge in [-0.3, -0.25) is 9.59 Å². The number of amides is 2. The van der Waals surface area contributed by atoms with E-state index in [1.807, 2.05) is 4.90 Å². The molecule has 1 atom stereocenters. The number of morpholine rings is 1. The average molecular weight is 541 g/mol. The van der Waals surface area contributed by atoms with Crippen molar-refractivity contribution in [3.05, 3.63) is 77.3 Å². The minimum absolute atomic E-state index is 0.0298. The van der Waals surface area contributed by atoms with Crippen molar-refractivity contribution in [3.8, 4) is 17.1 Å². The topological polar surface area (TPSA) is 72.2 Å². The molecule has 9 heteroatoms. The molecule has 200 valence electrons. The third-order valence-corrected chi connectivity index (χ3v) is 7.41. The van der Waals surface area contributed by atoms with Gasteiger partial charge >= 0.3 is 0 Å². The molecule has 38 heavy (non-hydrogen) atoms. The van der Waals surface area contributed by atoms with Gasteiger partial charge in [-0.1, -0.05) is 23.7 Å². The van der Waals surface area contributed by atoms with E-state index in [-0.39, 0.29) is 30.6 Å². The van der Waals surface area contributed by atoms with Crippen molar-refractivity contribution in [2.24, 2.45) is 5.41 Å². The Morgan fingerprint density at radius 2 is 1.74 bits per heavy atom. The number of hydrogen-bond donors (Lipinski definition) is 0. The second kappa shape index (κ2) is 11.6. The number of nitrogens with zero attached hydrogens (tertiary/aromatic N) is 2. The number of ether oxygens (including phenoxy) is 2. The van der Waals surface area contributed by atoms with Crippen LogP contribution in [0.3, 0.4) is 0 Å². The number of rotatable bonds is 7. The van der Waals surface area contributed by atoms with Gasteiger partial charge in [0.15, 0.2) is 5.76 Å². The first-order valence-corrected chi connectivity index (χ1v) is 13.2. The number of likely N-dealkylation sites (tertiary alicyclic amines) is 1. The molecule has 0 unspecified atom stereocenters. The van der Waals surface area contributed by atoms with Crippen LogP contribution in [-0.4, -0.2) is 67.6 Å². The quantitative estimate of drug-likeness (QED) is 0.407. The second-order valence-corrected chi connectivity index (χ2v) is 10.3. The first-order valence-electron chi connectivity index (χ1n) is 12.8. The standard InChI is InChI=1S/C29H30ClFN2O5/c30-21-6-8-22(9-7-21)37-20-29(18-27(34)32-14-16-36-17-15-32)12-3-13-33(19-29)28(35)26-11-10-25(38-26)23-4-1-2-5-24(23)31/h1-2,4-11H,3,12-20H2/t29-/m1/s1. The second-order valence-electron chi connectivity index (χ2n) is 9.89. The molecule has 3 aromatic rings. The molecule has 2 aromatic carbocycles. The van der Waals surface area contributed by atoms with Crippen molar-refractivity contribution in [2.45, 2.75) is 19.3 Å². The van der Waals surface area contributed by atoms with Crippen LogP contribution >= 0.6 is 11.6 Å². The Balaban J connectivity index is 1.34. The molecule has 0 aliphatic carbocycles. The minimum Gasteiger partial charge on any atom is -0.493 e. The van der Waals surface area contributed by atoms with Gasteiger partial charge in [0, 0.05) is 43.0 Å². The van der Waals surface area contributed by atoms with Gasteiger partial charge < -0.3 is 23.7 Å². The molecule has 0 spiro atoms. The Morgan fingerprint density at radius 1 is 0.974 bits per heavy atom. The predicted octanol–water partition coefficient (Wildman–Crippen LogP) is 5.29. The molecule has 1 aromatic heterocycles. The molecule has 7 nitrogen and oxygen atoms in total. The van der Waals surface area contributed by atoms with E-state index < -0.39 is 11.2 Å². The summed E-state index contributed by atoms with van der Waals surface area (Å²) in [5, 5.41) is 0.609. The molecule has 2 fully saturated rings. The third-order valence-electron chi connectivity index (χ3n) is 7.15. The van der Waals surface area contributed by atoms with Gasteiger partial charge in [0.05, 0.1) is 25.4 Å². The van der Waals surface area contributed by atoms with Crippen molar-refractivity contribution in [2.75, 3.05) is 46.0 Å². The van der Waals surface area contributed by atoms with Crippen molar-refractivity contribution >= 4 is 23.4 Å². The van der Waals surface area contributed by atoms with Crippen LogP contribution in [0.4, 0.5) is 4.39 Å². The molecule has 0 saturated carbocycles. The van der Waals surface area contributed by atoms with E-state index in [0.29, 0.717) is 67.9 Å². The Morgan fingerprint density at radius 3 is 2.50 bits per heavy atom. The van der Waals surface area contributed by atoms with Crippen LogP contribution in [0.25, 0.3) is 11.3 Å². The van der Waals surface area contributed by atoms with E-state index >= 15 is 0 Å². The third kappa shape index (κ3) is 6.03. The lowest BCUT2D eigenvalue weighted by atomic mass is 9.77. The summed E-state index contributed by atoms with van der Waals surface area (Å²) in [7, 11) is 0. The van der Waals surface area contributed by atoms with Gasteiger partial charge in [-0.2, -0.15) is 0 Å². The number of benzene rings is 2. The van der Waals surface area contributed by atoms with Gasteiger partial charge in [0.2, 0.25) is 5.91 Å². The summed E-state index contributed by atoms with van der Waals surface area (Å²) < 4.78 is 31.6. The molecule has 2 aliphatic rings. The number of piperidine rings is 1. The highest BCUT2D eigenvalue weighted by molar-refractivity contribution is 6.30. The summed E-state index contributed by atoms with van der Waals surface area (Å²) in [6.07, 6.45) is 1.70. The van der Waals surface area contributed by atoms with E-state index in [1.54, 1.807) is 59.5 Å². The Kier molecular flexibility index (Phi) is 8.00. The molecule has 0 bridgehead atoms. The van der Waals surface area contributed by atoms with Crippen molar-refractivity contribution < 1.29 is 27.9 Å². The molecule has 2 amide bonds. The number of hydrogen-bond acceptors (Lipinski definition) is 5. The largest absolute Gasteiger partial charge is 0.493 e. The highest BCUT2D eigenvalue weighted by Crippen LogP contribution is 2.36. The smallest absolute Gasteiger partial charge is 0.289 e. The van der Waals surface area contributed by atoms with Crippen molar-refractivity contribution in [1.82, 2.24) is 9.80 Å². The minimum atomic E-state index is -0.579. The van der Waals surface area contributed by atoms with Crippen LogP contribution in [0.5, 0.6) is 5.75 Å². The molecule has 3 heterocycles. The number of furan rings is 1. The highest BCUT2D eigenvalue weighted by atomic mass is 35.5. The summed E-state index contributed by atoms with van der Waals surface area (Å²) in [6.45, 7) is 3.30. The van der Waals surface area contributed by atoms with Crippen LogP contribution in [0.1, 0.15) is 29.8 Å². The Bertz CT molecular complexity index is 1270. The van der Waals surface area contributed by atoms with Gasteiger partial charge in [0.25, 0.3) is 5.91 Å². The predicted molar refractivity (Wildman–Crippen MR) is 141 cm³/mol. The van der Waals surface area contributed by atoms with Gasteiger partial charge in [-0.05, 0) is 61.4 Å². The van der Waals surface area contributed by atoms with Gasteiger partial charge in [-0.25, -0.2) is 4.39 Å². The molecule has 5 rings (SSSR count). The van der Waals surface area contributed by atoms with E-state index in [2.05, 4.69) is 0 Å². The summed E-state index contributed by atoms with van der Waals surface area (Å²) in [5.41, 5.74) is -0.281. The van der Waals surface area contributed by atoms with Crippen LogP contribution in [0.2, 0.25) is 5.02 Å². The number of halogens is 2. The zero-order valence-electron chi connectivity index (χ0n) is 21.0. The molecule has 2 aliphatic heterocycles. The summed E-state index contributed by atoms with van der Waals surface area (Å²) in [4.78, 5) is 30.3. The lowest BCUT2D eigenvalue weighted by molar-refractivity contribution is -0.139. The first-order chi connectivity index (χ1) is 18.4. The first kappa shape index (κ1) is 26.3. The fourth-order valence-electron chi connectivity index (χ4n) is 5.12. The summed E-state index contributed by atoms with van der Waals surface area (Å²) in [5.74, 6) is 0.403. The van der Waals surface area contributed by atoms with Gasteiger partial charge in [0.1, 0.15) is 17.3 Å². The average Bonchev–Trinajstić information content (AvgIpc) is 3.43. The number of carbonyl (C=O) groups excluding carboxylic acids is 2. The maximum atomic E-state index is 14.2. The molecule has 2 saturated heterocycles. The van der Waals surface area contributed by atoms with E-state index in [0.717, 1.165) is 6.42 Å². The normalized spacial score (nSPS) is 19.8. The molecular weight excluding hydrogens is 511 g/mol. The highest BCUT2D eigenvalue weighted by Gasteiger charge is 2.41. The monoisotopic (exact) mass is 540 g/mol. The fraction of sp³-hybridized carbons (Fsp3) is 0.379. The zero-order chi connectivity index (χ0) is 26.5. The Labute approximate surface area is 226 Å². The molecular formula is C29H30ClFN2O5. The lowest BCUT2D eigenvalue weighted by Crippen LogP contribution is -2.52. The number of carbonyl (C=O) groups is 2. The maximum Gasteiger partial charge on any atom is 0.289 e. The van der Waals surface area contributed by atoms with Crippen molar-refractivity contribution in [1.29, 1.82) is 0 Å². The Hall–Kier alpha value is -3.36. The van der Waals surface area contributed by atoms with Gasteiger partial charge in [-0.15, -0.1) is 0 Å². The van der Waals surface area contributed by atoms with E-state index in [9.17, 15) is 14.0 Å². The van der Waals surface area contributed by atoms with E-state index in [1.165, 1.54) is 6.07 Å². The van der Waals surface area contributed by atoms with Crippen LogP contribution < -0.4 is 4.74 Å². The molecule has 0 radical (unpaired) electrons. The zero-order valence-corrected chi connectivity index (χ0v) is 21.8. The SMILES string of the molecule is O=C(C[C@]1(COc2ccc(Cl)cc2)CCCN(C(=O)c2ccc(-c3ccccc3F)o2)C1)N1CCOCC1. The summed E-state index contributed by atoms with van der Waals surface area (Å²) in [6, 6.07) is 16.5. The van der Waals surface area contributed by atoms with Crippen LogP contribution in [0.15, 0.2) is 65.1 Å². The van der Waals surface area contributed by atoms with Crippen LogP contribution in [-0.2, 0) is 9.53 Å². The van der Waals surface area contributed by atoms with Crippen LogP contribution in [0, 0.1) is 11.2 Å². The summed E-state index contributed by atoms with van der Waals surface area (Å²) >= 11 is 6.01.